The van der Waals surface area contributed by atoms with Gasteiger partial charge in [-0.3, -0.25) is 4.98 Å². The number of aliphatic hydroxyl groups is 1. The van der Waals surface area contributed by atoms with Crippen LogP contribution in [0.15, 0.2) is 42.7 Å². The van der Waals surface area contributed by atoms with Gasteiger partial charge in [-0.1, -0.05) is 6.07 Å². The summed E-state index contributed by atoms with van der Waals surface area (Å²) in [4.78, 5) is 3.98. The molecule has 1 N–H and O–H groups in total. The fraction of sp³-hybridized carbons (Fsp3) is 0.312. The number of fused-ring (bicyclic) bond motifs is 1. The molecular formula is C16H17NO3. The first-order chi connectivity index (χ1) is 9.83. The van der Waals surface area contributed by atoms with E-state index in [2.05, 4.69) is 4.98 Å². The van der Waals surface area contributed by atoms with E-state index in [9.17, 15) is 5.11 Å². The highest BCUT2D eigenvalue weighted by Crippen LogP contribution is 2.33. The zero-order chi connectivity index (χ0) is 13.8. The van der Waals surface area contributed by atoms with Gasteiger partial charge in [0.2, 0.25) is 0 Å². The second kappa shape index (κ2) is 5.92. The van der Waals surface area contributed by atoms with Crippen LogP contribution in [0.5, 0.6) is 11.5 Å². The van der Waals surface area contributed by atoms with Gasteiger partial charge in [-0.2, -0.15) is 0 Å². The molecule has 0 saturated carbocycles. The van der Waals surface area contributed by atoms with E-state index in [4.69, 9.17) is 9.47 Å². The second-order valence-corrected chi connectivity index (χ2v) is 4.83. The van der Waals surface area contributed by atoms with Gasteiger partial charge >= 0.3 is 0 Å². The zero-order valence-corrected chi connectivity index (χ0v) is 11.2. The third-order valence-corrected chi connectivity index (χ3v) is 3.33. The van der Waals surface area contributed by atoms with E-state index in [0.29, 0.717) is 25.4 Å². The Morgan fingerprint density at radius 2 is 1.80 bits per heavy atom. The lowest BCUT2D eigenvalue weighted by molar-refractivity contribution is 0.178. The van der Waals surface area contributed by atoms with E-state index < -0.39 is 6.10 Å². The van der Waals surface area contributed by atoms with Gasteiger partial charge in [0.25, 0.3) is 0 Å². The minimum Gasteiger partial charge on any atom is -0.490 e. The van der Waals surface area contributed by atoms with Crippen LogP contribution in [0.4, 0.5) is 0 Å². The number of nitrogens with zero attached hydrogens (tertiary/aromatic N) is 1. The average molecular weight is 271 g/mol. The Balaban J connectivity index is 1.78. The van der Waals surface area contributed by atoms with Gasteiger partial charge in [-0.05, 0) is 35.4 Å². The summed E-state index contributed by atoms with van der Waals surface area (Å²) in [5.74, 6) is 1.47. The number of aromatic nitrogens is 1. The van der Waals surface area contributed by atoms with E-state index >= 15 is 0 Å². The number of pyridine rings is 1. The number of hydrogen-bond donors (Lipinski definition) is 1. The molecule has 2 heterocycles. The Kier molecular flexibility index (Phi) is 3.83. The molecule has 0 amide bonds. The van der Waals surface area contributed by atoms with Crippen LogP contribution in [0, 0.1) is 0 Å². The monoisotopic (exact) mass is 271 g/mol. The third-order valence-electron chi connectivity index (χ3n) is 3.33. The zero-order valence-electron chi connectivity index (χ0n) is 11.2. The van der Waals surface area contributed by atoms with Crippen molar-refractivity contribution in [1.82, 2.24) is 4.98 Å². The Hall–Kier alpha value is -2.07. The van der Waals surface area contributed by atoms with E-state index in [1.807, 2.05) is 30.3 Å². The van der Waals surface area contributed by atoms with Crippen LogP contribution >= 0.6 is 0 Å². The first-order valence-corrected chi connectivity index (χ1v) is 6.79. The number of rotatable bonds is 3. The molecule has 2 aromatic rings. The van der Waals surface area contributed by atoms with Crippen molar-refractivity contribution >= 4 is 0 Å². The molecule has 0 bridgehead atoms. The summed E-state index contributed by atoms with van der Waals surface area (Å²) in [5.41, 5.74) is 1.89. The van der Waals surface area contributed by atoms with Crippen molar-refractivity contribution in [3.05, 3.63) is 53.9 Å². The van der Waals surface area contributed by atoms with Crippen LogP contribution in [0.2, 0.25) is 0 Å². The minimum absolute atomic E-state index is 0.558. The maximum Gasteiger partial charge on any atom is 0.161 e. The molecule has 4 nitrogen and oxygen atoms in total. The van der Waals surface area contributed by atoms with Crippen molar-refractivity contribution < 1.29 is 14.6 Å². The van der Waals surface area contributed by atoms with Crippen molar-refractivity contribution in [3.63, 3.8) is 0 Å². The maximum absolute atomic E-state index is 10.3. The lowest BCUT2D eigenvalue weighted by Crippen LogP contribution is -2.03. The van der Waals surface area contributed by atoms with Gasteiger partial charge < -0.3 is 14.6 Å². The first-order valence-electron chi connectivity index (χ1n) is 6.79. The minimum atomic E-state index is -0.561. The molecule has 1 aliphatic heterocycles. The average Bonchev–Trinajstić information content (AvgIpc) is 2.72. The molecule has 0 fully saturated rings. The Morgan fingerprint density at radius 1 is 1.05 bits per heavy atom. The largest absolute Gasteiger partial charge is 0.490 e. The summed E-state index contributed by atoms with van der Waals surface area (Å²) in [5, 5.41) is 10.3. The van der Waals surface area contributed by atoms with Gasteiger partial charge in [0.05, 0.1) is 19.3 Å². The molecule has 4 heteroatoms. The fourth-order valence-electron chi connectivity index (χ4n) is 2.25. The van der Waals surface area contributed by atoms with Gasteiger partial charge in [0.15, 0.2) is 11.5 Å². The van der Waals surface area contributed by atoms with Gasteiger partial charge in [-0.15, -0.1) is 0 Å². The van der Waals surface area contributed by atoms with Crippen molar-refractivity contribution in [2.45, 2.75) is 18.9 Å². The molecule has 1 atom stereocenters. The number of aliphatic hydroxyl groups excluding tert-OH is 1. The molecule has 0 spiro atoms. The summed E-state index contributed by atoms with van der Waals surface area (Å²) in [6.07, 6.45) is 4.34. The molecule has 104 valence electrons. The summed E-state index contributed by atoms with van der Waals surface area (Å²) >= 11 is 0. The van der Waals surface area contributed by atoms with Crippen LogP contribution in [-0.4, -0.2) is 23.3 Å². The van der Waals surface area contributed by atoms with Gasteiger partial charge in [0.1, 0.15) is 0 Å². The predicted octanol–water partition coefficient (Wildman–Crippen LogP) is 2.52. The number of hydrogen-bond acceptors (Lipinski definition) is 4. The van der Waals surface area contributed by atoms with Crippen LogP contribution < -0.4 is 9.47 Å². The fourth-order valence-corrected chi connectivity index (χ4v) is 2.25. The van der Waals surface area contributed by atoms with Crippen LogP contribution in [0.1, 0.15) is 23.7 Å². The smallest absolute Gasteiger partial charge is 0.161 e. The highest BCUT2D eigenvalue weighted by Gasteiger charge is 2.15. The Labute approximate surface area is 118 Å². The van der Waals surface area contributed by atoms with E-state index in [1.54, 1.807) is 12.4 Å². The normalized spacial score (nSPS) is 15.4. The topological polar surface area (TPSA) is 51.6 Å². The van der Waals surface area contributed by atoms with Crippen molar-refractivity contribution in [2.24, 2.45) is 0 Å². The molecule has 3 rings (SSSR count). The van der Waals surface area contributed by atoms with Crippen molar-refractivity contribution in [3.8, 4) is 11.5 Å². The molecule has 0 aliphatic carbocycles. The van der Waals surface area contributed by atoms with Crippen LogP contribution in [-0.2, 0) is 6.42 Å². The van der Waals surface area contributed by atoms with Crippen LogP contribution in [0.25, 0.3) is 0 Å². The first kappa shape index (κ1) is 12.9. The maximum atomic E-state index is 10.3. The highest BCUT2D eigenvalue weighted by atomic mass is 16.5. The molecular weight excluding hydrogens is 254 g/mol. The number of ether oxygens (including phenoxy) is 2. The quantitative estimate of drug-likeness (QED) is 0.932. The van der Waals surface area contributed by atoms with Crippen molar-refractivity contribution in [1.29, 1.82) is 0 Å². The molecule has 1 aromatic carbocycles. The van der Waals surface area contributed by atoms with Crippen LogP contribution in [0.3, 0.4) is 0 Å². The summed E-state index contributed by atoms with van der Waals surface area (Å²) in [6.45, 7) is 1.32. The molecule has 1 unspecified atom stereocenters. The Morgan fingerprint density at radius 3 is 2.60 bits per heavy atom. The van der Waals surface area contributed by atoms with E-state index in [1.165, 1.54) is 0 Å². The summed E-state index contributed by atoms with van der Waals surface area (Å²) in [6, 6.07) is 9.44. The second-order valence-electron chi connectivity index (χ2n) is 4.83. The van der Waals surface area contributed by atoms with Gasteiger partial charge in [0, 0.05) is 25.2 Å². The molecule has 1 aliphatic rings. The van der Waals surface area contributed by atoms with E-state index in [0.717, 1.165) is 23.3 Å². The lowest BCUT2D eigenvalue weighted by Gasteiger charge is -2.14. The molecule has 20 heavy (non-hydrogen) atoms. The standard InChI is InChI=1S/C16H17NO3/c18-14(10-12-4-6-17-7-5-12)13-2-3-15-16(11-13)20-9-1-8-19-15/h2-7,11,14,18H,1,8-10H2. The SMILES string of the molecule is OC(Cc1ccncc1)c1ccc2c(c1)OCCCO2. The third kappa shape index (κ3) is 2.91. The van der Waals surface area contributed by atoms with Crippen molar-refractivity contribution in [2.75, 3.05) is 13.2 Å². The van der Waals surface area contributed by atoms with E-state index in [-0.39, 0.29) is 0 Å². The summed E-state index contributed by atoms with van der Waals surface area (Å²) in [7, 11) is 0. The van der Waals surface area contributed by atoms with Gasteiger partial charge in [-0.25, -0.2) is 0 Å². The number of benzene rings is 1. The molecule has 0 radical (unpaired) electrons. The molecule has 0 saturated heterocycles. The summed E-state index contributed by atoms with van der Waals surface area (Å²) < 4.78 is 11.2. The molecule has 1 aromatic heterocycles. The highest BCUT2D eigenvalue weighted by molar-refractivity contribution is 5.44. The lowest BCUT2D eigenvalue weighted by atomic mass is 10.0. The Bertz CT molecular complexity index is 571. The predicted molar refractivity (Wildman–Crippen MR) is 74.9 cm³/mol.